The van der Waals surface area contributed by atoms with Crippen molar-refractivity contribution in [2.24, 2.45) is 0 Å². The monoisotopic (exact) mass is 1400 g/mol. The van der Waals surface area contributed by atoms with Crippen LogP contribution in [-0.2, 0) is 70.7 Å². The summed E-state index contributed by atoms with van der Waals surface area (Å²) in [4.78, 5) is 140. The highest BCUT2D eigenvalue weighted by atomic mass is 32.2. The van der Waals surface area contributed by atoms with E-state index in [0.717, 1.165) is 175 Å². The minimum absolute atomic E-state index is 0.000700. The fraction of sp³-hybridized carbons (Fsp3) is 0.571. The molecular formula is C70H88N12O15S2. The van der Waals surface area contributed by atoms with Gasteiger partial charge in [-0.2, -0.15) is 0 Å². The van der Waals surface area contributed by atoms with E-state index in [1.165, 1.54) is 14.1 Å². The van der Waals surface area contributed by atoms with Crippen LogP contribution in [0.15, 0.2) is 55.0 Å². The Morgan fingerprint density at radius 3 is 1.55 bits per heavy atom. The number of carbonyl (C=O) groups excluding carboxylic acids is 8. The van der Waals surface area contributed by atoms with Crippen LogP contribution in [0.5, 0.6) is 11.5 Å². The Morgan fingerprint density at radius 1 is 0.596 bits per heavy atom. The Balaban J connectivity index is 0.000000200. The number of nitrogens with one attached hydrogen (secondary N) is 2. The number of fused-ring (bicyclic) bond motifs is 4. The summed E-state index contributed by atoms with van der Waals surface area (Å²) >= 11 is 2.22. The summed E-state index contributed by atoms with van der Waals surface area (Å²) in [5.41, 5.74) is 6.45. The number of rotatable bonds is 28. The Kier molecular flexibility index (Phi) is 24.3. The molecule has 2 aromatic carbocycles. The van der Waals surface area contributed by atoms with E-state index < -0.39 is 34.3 Å². The molecule has 3 unspecified atom stereocenters. The van der Waals surface area contributed by atoms with Crippen molar-refractivity contribution >= 4 is 92.5 Å². The van der Waals surface area contributed by atoms with Crippen LogP contribution >= 0.6 is 23.5 Å². The number of hydrogen-bond acceptors (Lipinski definition) is 23. The van der Waals surface area contributed by atoms with Gasteiger partial charge in [0, 0.05) is 130 Å². The Hall–Kier alpha value is -8.12. The van der Waals surface area contributed by atoms with Gasteiger partial charge in [-0.15, -0.1) is 23.5 Å². The van der Waals surface area contributed by atoms with E-state index in [2.05, 4.69) is 35.7 Å². The molecule has 0 aliphatic carbocycles. The van der Waals surface area contributed by atoms with Gasteiger partial charge in [-0.05, 0) is 141 Å². The number of ether oxygens (including phenoxy) is 2. The number of aromatic nitrogens is 6. The topological polar surface area (TPSA) is 334 Å². The molecule has 6 aliphatic rings. The number of thioether (sulfide) groups is 2. The highest BCUT2D eigenvalue weighted by Crippen LogP contribution is 2.37. The van der Waals surface area contributed by atoms with Crippen LogP contribution in [-0.4, -0.2) is 203 Å². The lowest BCUT2D eigenvalue weighted by molar-refractivity contribution is -0.142. The number of aliphatic hydroxyl groups is 1. The molecule has 99 heavy (non-hydrogen) atoms. The van der Waals surface area contributed by atoms with Crippen LogP contribution in [0.4, 0.5) is 0 Å². The quantitative estimate of drug-likeness (QED) is 0.0427. The van der Waals surface area contributed by atoms with Crippen LogP contribution in [0.3, 0.4) is 0 Å². The fourth-order valence-corrected chi connectivity index (χ4v) is 16.0. The minimum Gasteiger partial charge on any atom is -0.493 e. The van der Waals surface area contributed by atoms with Crippen LogP contribution in [0, 0.1) is 13.8 Å². The van der Waals surface area contributed by atoms with Gasteiger partial charge >= 0.3 is 0 Å². The predicted molar refractivity (Wildman–Crippen MR) is 369 cm³/mol. The number of nitrogens with zero attached hydrogens (tertiary/aromatic N) is 10. The molecule has 0 saturated carbocycles. The number of piperidine rings is 2. The Bertz CT molecular complexity index is 4110. The van der Waals surface area contributed by atoms with Crippen LogP contribution < -0.4 is 31.2 Å². The second-order valence-electron chi connectivity index (χ2n) is 26.3. The molecule has 6 aromatic rings. The zero-order valence-corrected chi connectivity index (χ0v) is 58.4. The lowest BCUT2D eigenvalue weighted by Gasteiger charge is -2.31. The molecule has 0 bridgehead atoms. The smallest absolute Gasteiger partial charge is 0.257 e. The highest BCUT2D eigenvalue weighted by Gasteiger charge is 2.41. The third-order valence-corrected chi connectivity index (χ3v) is 22.1. The van der Waals surface area contributed by atoms with Gasteiger partial charge in [0.05, 0.1) is 59.7 Å². The van der Waals surface area contributed by atoms with Gasteiger partial charge in [-0.25, -0.2) is 9.97 Å². The molecule has 3 N–H and O–H groups in total. The van der Waals surface area contributed by atoms with E-state index in [1.54, 1.807) is 10.6 Å². The number of Topliss-reactive ketones (excluding diaryl/α,β-unsaturated/α-hetero) is 2. The van der Waals surface area contributed by atoms with Gasteiger partial charge in [0.2, 0.25) is 35.4 Å². The highest BCUT2D eigenvalue weighted by molar-refractivity contribution is 8.01. The van der Waals surface area contributed by atoms with Crippen molar-refractivity contribution in [3.8, 4) is 11.5 Å². The van der Waals surface area contributed by atoms with E-state index >= 15 is 0 Å². The summed E-state index contributed by atoms with van der Waals surface area (Å²) < 4.78 is 26.7. The lowest BCUT2D eigenvalue weighted by Crippen LogP contribution is -2.37. The number of carbonyl (C=O) groups is 8. The van der Waals surface area contributed by atoms with E-state index in [0.29, 0.717) is 72.8 Å². The average molecular weight is 1400 g/mol. The summed E-state index contributed by atoms with van der Waals surface area (Å²) in [5.74, 6) is 0.818. The summed E-state index contributed by atoms with van der Waals surface area (Å²) in [6.07, 6.45) is 10.0. The van der Waals surface area contributed by atoms with Crippen LogP contribution in [0.1, 0.15) is 153 Å². The fourth-order valence-electron chi connectivity index (χ4n) is 13.9. The van der Waals surface area contributed by atoms with E-state index in [1.807, 2.05) is 48.7 Å². The van der Waals surface area contributed by atoms with Crippen molar-refractivity contribution in [3.63, 3.8) is 0 Å². The number of hydrogen-bond donors (Lipinski definition) is 3. The average Bonchev–Trinajstić information content (AvgIpc) is 1.64. The molecule has 4 aromatic heterocycles. The maximum absolute atomic E-state index is 13.2. The number of aryl methyl sites for hydroxylation is 3. The summed E-state index contributed by atoms with van der Waals surface area (Å²) in [6.45, 7) is 10.5. The molecule has 6 amide bonds. The summed E-state index contributed by atoms with van der Waals surface area (Å²) in [5, 5.41) is 24.7. The number of imide groups is 2. The standard InChI is InChI=1S/C35H44N6O8S.C35H44N6O7S/c1-21-25(34(46)40-12-3-6-27(43)33(40)37-21)11-15-39-13-9-22(10-14-39)32-26-8-7-24(17-28(26)49-38-32)48-16-4-5-23(42)19-41-31(45)18-29(35(41)47)50-20-30(44)36-2;1-22-26(34(45)40-13-4-3-7-30(40)37-22)12-16-39-14-10-23(11-15-39)33-27-9-8-25(18-28(27)48-38-33)47-17-5-6-24(42)20-41-32(44)19-29(35(41)46)49-21-31(43)36-2/h7-8,17,22,27,29,43H,3-6,9-16,18-20H2,1-2H3,(H,36,44);8-9,18,23,29H,3-7,10-17,19-21H2,1-2H3,(H,36,43). The Morgan fingerprint density at radius 2 is 1.06 bits per heavy atom. The third-order valence-electron chi connectivity index (χ3n) is 19.7. The van der Waals surface area contributed by atoms with Gasteiger partial charge in [0.25, 0.3) is 11.1 Å². The van der Waals surface area contributed by atoms with E-state index in [4.69, 9.17) is 23.5 Å². The molecule has 0 radical (unpaired) electrons. The first-order valence-electron chi connectivity index (χ1n) is 34.6. The van der Waals surface area contributed by atoms with Gasteiger partial charge in [-0.3, -0.25) is 66.9 Å². The molecule has 4 saturated heterocycles. The second kappa shape index (κ2) is 33.4. The van der Waals surface area contributed by atoms with E-state index in [-0.39, 0.29) is 116 Å². The first-order chi connectivity index (χ1) is 47.8. The molecule has 29 heteroatoms. The van der Waals surface area contributed by atoms with E-state index in [9.17, 15) is 53.1 Å². The molecule has 27 nitrogen and oxygen atoms in total. The normalized spacial score (nSPS) is 19.3. The molecule has 6 aliphatic heterocycles. The zero-order valence-electron chi connectivity index (χ0n) is 56.7. The number of benzene rings is 2. The maximum Gasteiger partial charge on any atom is 0.257 e. The third kappa shape index (κ3) is 17.5. The summed E-state index contributed by atoms with van der Waals surface area (Å²) in [6, 6.07) is 11.3. The van der Waals surface area contributed by atoms with Gasteiger partial charge < -0.3 is 44.1 Å². The number of likely N-dealkylation sites (tertiary alicyclic amines) is 4. The number of ketones is 2. The van der Waals surface area contributed by atoms with Crippen LogP contribution in [0.25, 0.3) is 21.9 Å². The molecular weight excluding hydrogens is 1310 g/mol. The number of aliphatic hydroxyl groups excluding tert-OH is 1. The molecule has 0 spiro atoms. The predicted octanol–water partition coefficient (Wildman–Crippen LogP) is 5.06. The molecule has 530 valence electrons. The SMILES string of the molecule is CNC(=O)CSC1CC(=O)N(CC(=O)CCCOc2ccc3c(C4CCN(CCc5c(C)nc6n(c5=O)CCCC6)CC4)noc3c2)C1=O.CNC(=O)CSC1CC(=O)N(CC(=O)CCCOc2ccc3c(C4CCN(CCc5c(C)nc6n(c5=O)CCCC6O)CC4)noc3c2)C1=O. The van der Waals surface area contributed by atoms with Crippen LogP contribution in [0.2, 0.25) is 0 Å². The van der Waals surface area contributed by atoms with Crippen molar-refractivity contribution in [3.05, 3.63) is 103 Å². The zero-order chi connectivity index (χ0) is 69.9. The molecule has 3 atom stereocenters. The van der Waals surface area contributed by atoms with Gasteiger partial charge in [0.15, 0.2) is 22.7 Å². The number of amides is 6. The van der Waals surface area contributed by atoms with Crippen molar-refractivity contribution in [1.82, 2.24) is 59.6 Å². The summed E-state index contributed by atoms with van der Waals surface area (Å²) in [7, 11) is 3.02. The lowest BCUT2D eigenvalue weighted by atomic mass is 9.91. The van der Waals surface area contributed by atoms with Crippen molar-refractivity contribution in [1.29, 1.82) is 0 Å². The van der Waals surface area contributed by atoms with Crippen molar-refractivity contribution in [2.45, 2.75) is 165 Å². The maximum atomic E-state index is 13.2. The van der Waals surface area contributed by atoms with Gasteiger partial charge in [-0.1, -0.05) is 10.3 Å². The first-order valence-corrected chi connectivity index (χ1v) is 36.7. The molecule has 4 fully saturated rings. The Labute approximate surface area is 581 Å². The molecule has 12 rings (SSSR count). The van der Waals surface area contributed by atoms with Crippen molar-refractivity contribution in [2.75, 3.05) is 91.2 Å². The largest absolute Gasteiger partial charge is 0.493 e. The second-order valence-corrected chi connectivity index (χ2v) is 28.7. The van der Waals surface area contributed by atoms with Gasteiger partial charge in [0.1, 0.15) is 29.3 Å². The van der Waals surface area contributed by atoms with Crippen molar-refractivity contribution < 1.29 is 62.0 Å². The molecule has 10 heterocycles. The minimum atomic E-state index is -0.671. The first kappa shape index (κ1) is 72.1.